The Balaban J connectivity index is 3.27. The zero-order valence-electron chi connectivity index (χ0n) is 13.2. The van der Waals surface area contributed by atoms with E-state index < -0.39 is 28.4 Å². The van der Waals surface area contributed by atoms with Crippen LogP contribution in [0.25, 0.3) is 0 Å². The minimum absolute atomic E-state index is 0.0444. The van der Waals surface area contributed by atoms with Gasteiger partial charge in [0.15, 0.2) is 5.92 Å². The SMILES string of the molecule is CCOC(=O)C(C(=O)OC(C)(C)C)c1ncc([N+](=O)[O-])cc1Cl. The smallest absolute Gasteiger partial charge is 0.327 e. The van der Waals surface area contributed by atoms with Crippen molar-refractivity contribution in [3.05, 3.63) is 33.1 Å². The second-order valence-electron chi connectivity index (χ2n) is 5.54. The van der Waals surface area contributed by atoms with Gasteiger partial charge in [0.25, 0.3) is 5.69 Å². The van der Waals surface area contributed by atoms with Gasteiger partial charge in [-0.25, -0.2) is 0 Å². The molecule has 0 saturated carbocycles. The van der Waals surface area contributed by atoms with E-state index in [-0.39, 0.29) is 23.0 Å². The molecular formula is C14H17ClN2O6. The van der Waals surface area contributed by atoms with Gasteiger partial charge in [-0.3, -0.25) is 24.7 Å². The minimum Gasteiger partial charge on any atom is -0.465 e. The summed E-state index contributed by atoms with van der Waals surface area (Å²) in [5, 5.41) is 10.5. The van der Waals surface area contributed by atoms with Gasteiger partial charge in [-0.15, -0.1) is 0 Å². The molecule has 1 unspecified atom stereocenters. The Hall–Kier alpha value is -2.22. The molecule has 0 aliphatic carbocycles. The zero-order valence-corrected chi connectivity index (χ0v) is 13.9. The number of rotatable bonds is 5. The van der Waals surface area contributed by atoms with E-state index in [2.05, 4.69) is 4.98 Å². The highest BCUT2D eigenvalue weighted by molar-refractivity contribution is 6.32. The van der Waals surface area contributed by atoms with Crippen LogP contribution in [0.5, 0.6) is 0 Å². The number of esters is 2. The first-order valence-corrected chi connectivity index (χ1v) is 7.14. The Morgan fingerprint density at radius 3 is 2.43 bits per heavy atom. The van der Waals surface area contributed by atoms with E-state index in [1.54, 1.807) is 27.7 Å². The molecule has 0 aromatic carbocycles. The van der Waals surface area contributed by atoms with E-state index >= 15 is 0 Å². The Labute approximate surface area is 137 Å². The molecule has 1 heterocycles. The van der Waals surface area contributed by atoms with E-state index in [0.717, 1.165) is 12.3 Å². The van der Waals surface area contributed by atoms with E-state index in [0.29, 0.717) is 0 Å². The molecule has 0 amide bonds. The first kappa shape index (κ1) is 18.8. The first-order valence-electron chi connectivity index (χ1n) is 6.76. The number of carbonyl (C=O) groups excluding carboxylic acids is 2. The minimum atomic E-state index is -1.51. The molecule has 1 aromatic rings. The fourth-order valence-electron chi connectivity index (χ4n) is 1.66. The van der Waals surface area contributed by atoms with Crippen molar-refractivity contribution in [2.45, 2.75) is 39.2 Å². The molecule has 9 heteroatoms. The summed E-state index contributed by atoms with van der Waals surface area (Å²) in [5.41, 5.74) is -1.34. The maximum atomic E-state index is 12.3. The lowest BCUT2D eigenvalue weighted by molar-refractivity contribution is -0.385. The van der Waals surface area contributed by atoms with Gasteiger partial charge in [-0.2, -0.15) is 0 Å². The number of nitrogens with zero attached hydrogens (tertiary/aromatic N) is 2. The molecule has 0 aliphatic heterocycles. The lowest BCUT2D eigenvalue weighted by Gasteiger charge is -2.23. The van der Waals surface area contributed by atoms with Crippen molar-refractivity contribution in [3.63, 3.8) is 0 Å². The van der Waals surface area contributed by atoms with Gasteiger partial charge >= 0.3 is 11.9 Å². The number of ether oxygens (including phenoxy) is 2. The molecule has 1 rings (SSSR count). The highest BCUT2D eigenvalue weighted by atomic mass is 35.5. The highest BCUT2D eigenvalue weighted by Gasteiger charge is 2.37. The molecule has 1 aromatic heterocycles. The topological polar surface area (TPSA) is 109 Å². The number of aromatic nitrogens is 1. The average molecular weight is 345 g/mol. The van der Waals surface area contributed by atoms with Gasteiger partial charge in [0.1, 0.15) is 11.8 Å². The summed E-state index contributed by atoms with van der Waals surface area (Å²) in [6.07, 6.45) is 0.914. The molecule has 0 radical (unpaired) electrons. The van der Waals surface area contributed by atoms with Crippen LogP contribution in [-0.4, -0.2) is 34.1 Å². The third-order valence-electron chi connectivity index (χ3n) is 2.50. The van der Waals surface area contributed by atoms with Crippen LogP contribution in [0.1, 0.15) is 39.3 Å². The summed E-state index contributed by atoms with van der Waals surface area (Å²) in [7, 11) is 0. The Morgan fingerprint density at radius 2 is 2.00 bits per heavy atom. The highest BCUT2D eigenvalue weighted by Crippen LogP contribution is 2.29. The van der Waals surface area contributed by atoms with Crippen molar-refractivity contribution >= 4 is 29.2 Å². The number of halogens is 1. The van der Waals surface area contributed by atoms with E-state index in [1.807, 2.05) is 0 Å². The number of hydrogen-bond acceptors (Lipinski definition) is 7. The lowest BCUT2D eigenvalue weighted by atomic mass is 10.0. The quantitative estimate of drug-likeness (QED) is 0.349. The van der Waals surface area contributed by atoms with Crippen LogP contribution in [0.2, 0.25) is 5.02 Å². The van der Waals surface area contributed by atoms with Crippen LogP contribution in [0.4, 0.5) is 5.69 Å². The second kappa shape index (κ2) is 7.36. The van der Waals surface area contributed by atoms with Gasteiger partial charge in [0.05, 0.1) is 22.2 Å². The Morgan fingerprint density at radius 1 is 1.39 bits per heavy atom. The van der Waals surface area contributed by atoms with Crippen LogP contribution in [0, 0.1) is 10.1 Å². The standard InChI is InChI=1S/C14H17ClN2O6/c1-5-22-12(18)10(13(19)23-14(2,3)4)11-9(15)6-8(7-16-11)17(20)21/h6-7,10H,5H2,1-4H3. The molecule has 0 spiro atoms. The lowest BCUT2D eigenvalue weighted by Crippen LogP contribution is -2.33. The van der Waals surface area contributed by atoms with Crippen LogP contribution in [0.3, 0.4) is 0 Å². The first-order chi connectivity index (χ1) is 10.6. The maximum Gasteiger partial charge on any atom is 0.327 e. The van der Waals surface area contributed by atoms with Crippen molar-refractivity contribution in [1.29, 1.82) is 0 Å². The fourth-order valence-corrected chi connectivity index (χ4v) is 1.93. The number of hydrogen-bond donors (Lipinski definition) is 0. The summed E-state index contributed by atoms with van der Waals surface area (Å²) in [4.78, 5) is 38.2. The van der Waals surface area contributed by atoms with Crippen molar-refractivity contribution in [3.8, 4) is 0 Å². The van der Waals surface area contributed by atoms with Crippen molar-refractivity contribution < 1.29 is 24.0 Å². The third kappa shape index (κ3) is 5.17. The van der Waals surface area contributed by atoms with Crippen molar-refractivity contribution in [1.82, 2.24) is 4.98 Å². The predicted octanol–water partition coefficient (Wildman–Crippen LogP) is 2.63. The van der Waals surface area contributed by atoms with Crippen LogP contribution in [0.15, 0.2) is 12.3 Å². The second-order valence-corrected chi connectivity index (χ2v) is 5.94. The van der Waals surface area contributed by atoms with Crippen LogP contribution < -0.4 is 0 Å². The number of pyridine rings is 1. The van der Waals surface area contributed by atoms with Crippen LogP contribution in [-0.2, 0) is 19.1 Å². The van der Waals surface area contributed by atoms with Crippen molar-refractivity contribution in [2.24, 2.45) is 0 Å². The van der Waals surface area contributed by atoms with Gasteiger partial charge in [0, 0.05) is 6.07 Å². The summed E-state index contributed by atoms with van der Waals surface area (Å²) in [6.45, 7) is 6.53. The molecule has 0 saturated heterocycles. The summed E-state index contributed by atoms with van der Waals surface area (Å²) in [6, 6.07) is 1.01. The number of nitro groups is 1. The monoisotopic (exact) mass is 344 g/mol. The van der Waals surface area contributed by atoms with E-state index in [4.69, 9.17) is 21.1 Å². The molecule has 126 valence electrons. The average Bonchev–Trinajstić information content (AvgIpc) is 2.38. The molecule has 8 nitrogen and oxygen atoms in total. The fraction of sp³-hybridized carbons (Fsp3) is 0.500. The Bertz CT molecular complexity index is 626. The summed E-state index contributed by atoms with van der Waals surface area (Å²) >= 11 is 5.95. The molecule has 0 fully saturated rings. The summed E-state index contributed by atoms with van der Waals surface area (Å²) < 4.78 is 10.0. The van der Waals surface area contributed by atoms with Gasteiger partial charge in [0.2, 0.25) is 0 Å². The van der Waals surface area contributed by atoms with Gasteiger partial charge in [-0.05, 0) is 27.7 Å². The molecule has 0 aliphatic rings. The largest absolute Gasteiger partial charge is 0.465 e. The molecule has 0 bridgehead atoms. The Kier molecular flexibility index (Phi) is 6.03. The molecule has 23 heavy (non-hydrogen) atoms. The number of carbonyl (C=O) groups is 2. The van der Waals surface area contributed by atoms with Gasteiger partial charge < -0.3 is 9.47 Å². The molecule has 1 atom stereocenters. The zero-order chi connectivity index (χ0) is 17.8. The van der Waals surface area contributed by atoms with E-state index in [9.17, 15) is 19.7 Å². The normalized spacial score (nSPS) is 12.4. The van der Waals surface area contributed by atoms with Crippen molar-refractivity contribution in [2.75, 3.05) is 6.61 Å². The van der Waals surface area contributed by atoms with E-state index in [1.165, 1.54) is 0 Å². The van der Waals surface area contributed by atoms with Crippen LogP contribution >= 0.6 is 11.6 Å². The molecular weight excluding hydrogens is 328 g/mol. The van der Waals surface area contributed by atoms with Gasteiger partial charge in [-0.1, -0.05) is 11.6 Å². The third-order valence-corrected chi connectivity index (χ3v) is 2.81. The maximum absolute atomic E-state index is 12.3. The molecule has 0 N–H and O–H groups in total. The summed E-state index contributed by atoms with van der Waals surface area (Å²) in [5.74, 6) is -3.29. The predicted molar refractivity (Wildman–Crippen MR) is 81.1 cm³/mol.